The van der Waals surface area contributed by atoms with Crippen LogP contribution in [0.3, 0.4) is 0 Å². The van der Waals surface area contributed by atoms with E-state index >= 15 is 0 Å². The standard InChI is InChI=1S/C21H28N2O5S/c1-16-5-7-19(26-2)17(13-16)15-22-9-11-23(12-10-22)29(24,25)18-6-8-20(27-3)21(14-18)28-4/h5-8,13-14H,9-12,15H2,1-4H3/p+1. The van der Waals surface area contributed by atoms with E-state index in [-0.39, 0.29) is 4.90 Å². The molecular formula is C21H29N2O5S+. The van der Waals surface area contributed by atoms with E-state index in [9.17, 15) is 8.42 Å². The number of sulfonamides is 1. The van der Waals surface area contributed by atoms with Gasteiger partial charge in [-0.25, -0.2) is 8.42 Å². The van der Waals surface area contributed by atoms with Gasteiger partial charge in [-0.3, -0.25) is 0 Å². The Morgan fingerprint density at radius 2 is 1.52 bits per heavy atom. The average Bonchev–Trinajstić information content (AvgIpc) is 2.73. The van der Waals surface area contributed by atoms with Crippen LogP contribution >= 0.6 is 0 Å². The van der Waals surface area contributed by atoms with E-state index in [1.807, 2.05) is 12.1 Å². The molecule has 1 heterocycles. The van der Waals surface area contributed by atoms with Crippen molar-refractivity contribution < 1.29 is 27.5 Å². The maximum absolute atomic E-state index is 13.1. The second-order valence-electron chi connectivity index (χ2n) is 7.16. The minimum Gasteiger partial charge on any atom is -0.496 e. The zero-order chi connectivity index (χ0) is 21.0. The van der Waals surface area contributed by atoms with Crippen molar-refractivity contribution in [3.05, 3.63) is 47.5 Å². The molecule has 0 saturated carbocycles. The van der Waals surface area contributed by atoms with Crippen LogP contribution in [0.25, 0.3) is 0 Å². The highest BCUT2D eigenvalue weighted by Crippen LogP contribution is 2.30. The third-order valence-corrected chi connectivity index (χ3v) is 7.19. The highest BCUT2D eigenvalue weighted by molar-refractivity contribution is 7.89. The molecular weight excluding hydrogens is 392 g/mol. The zero-order valence-electron chi connectivity index (χ0n) is 17.4. The lowest BCUT2D eigenvalue weighted by molar-refractivity contribution is -0.917. The number of ether oxygens (including phenoxy) is 3. The number of methoxy groups -OCH3 is 3. The number of quaternary nitrogens is 1. The van der Waals surface area contributed by atoms with E-state index < -0.39 is 10.0 Å². The zero-order valence-corrected chi connectivity index (χ0v) is 18.2. The fourth-order valence-electron chi connectivity index (χ4n) is 3.66. The van der Waals surface area contributed by atoms with Crippen LogP contribution in [0.2, 0.25) is 0 Å². The third kappa shape index (κ3) is 4.66. The molecule has 0 amide bonds. The second-order valence-corrected chi connectivity index (χ2v) is 9.10. The van der Waals surface area contributed by atoms with E-state index in [0.717, 1.165) is 30.9 Å². The number of nitrogens with zero attached hydrogens (tertiary/aromatic N) is 1. The molecule has 2 aromatic rings. The number of piperazine rings is 1. The van der Waals surface area contributed by atoms with Crippen LogP contribution in [0.5, 0.6) is 17.2 Å². The lowest BCUT2D eigenvalue weighted by atomic mass is 10.1. The molecule has 158 valence electrons. The predicted molar refractivity (Wildman–Crippen MR) is 110 cm³/mol. The van der Waals surface area contributed by atoms with Crippen LogP contribution in [0.4, 0.5) is 0 Å². The van der Waals surface area contributed by atoms with Crippen molar-refractivity contribution in [2.75, 3.05) is 47.5 Å². The van der Waals surface area contributed by atoms with Crippen LogP contribution in [0.15, 0.2) is 41.3 Å². The minimum absolute atomic E-state index is 0.221. The first-order chi connectivity index (χ1) is 13.9. The van der Waals surface area contributed by atoms with Gasteiger partial charge in [-0.05, 0) is 31.2 Å². The normalized spacial score (nSPS) is 15.9. The minimum atomic E-state index is -3.58. The topological polar surface area (TPSA) is 69.5 Å². The van der Waals surface area contributed by atoms with Crippen LogP contribution < -0.4 is 19.1 Å². The first kappa shape index (κ1) is 21.4. The molecule has 0 aromatic heterocycles. The van der Waals surface area contributed by atoms with Crippen molar-refractivity contribution in [2.24, 2.45) is 0 Å². The summed E-state index contributed by atoms with van der Waals surface area (Å²) in [6.07, 6.45) is 0. The highest BCUT2D eigenvalue weighted by Gasteiger charge is 2.31. The molecule has 1 fully saturated rings. The Balaban J connectivity index is 1.69. The van der Waals surface area contributed by atoms with Crippen molar-refractivity contribution in [2.45, 2.75) is 18.4 Å². The highest BCUT2D eigenvalue weighted by atomic mass is 32.2. The first-order valence-corrected chi connectivity index (χ1v) is 11.0. The van der Waals surface area contributed by atoms with E-state index in [2.05, 4.69) is 13.0 Å². The monoisotopic (exact) mass is 421 g/mol. The molecule has 0 atom stereocenters. The maximum atomic E-state index is 13.1. The van der Waals surface area contributed by atoms with Gasteiger partial charge in [0.25, 0.3) is 0 Å². The van der Waals surface area contributed by atoms with Crippen LogP contribution in [0.1, 0.15) is 11.1 Å². The van der Waals surface area contributed by atoms with Crippen molar-refractivity contribution in [3.8, 4) is 17.2 Å². The summed E-state index contributed by atoms with van der Waals surface area (Å²) in [6.45, 7) is 5.30. The summed E-state index contributed by atoms with van der Waals surface area (Å²) in [5.41, 5.74) is 2.34. The molecule has 0 aliphatic carbocycles. The molecule has 0 radical (unpaired) electrons. The van der Waals surface area contributed by atoms with Gasteiger partial charge in [0, 0.05) is 11.6 Å². The van der Waals surface area contributed by atoms with Gasteiger partial charge in [-0.15, -0.1) is 0 Å². The van der Waals surface area contributed by atoms with Gasteiger partial charge in [0.2, 0.25) is 10.0 Å². The number of nitrogens with one attached hydrogen (secondary N) is 1. The van der Waals surface area contributed by atoms with E-state index in [4.69, 9.17) is 14.2 Å². The lowest BCUT2D eigenvalue weighted by Crippen LogP contribution is -3.13. The largest absolute Gasteiger partial charge is 0.496 e. The second kappa shape index (κ2) is 9.02. The van der Waals surface area contributed by atoms with Crippen LogP contribution in [-0.2, 0) is 16.6 Å². The van der Waals surface area contributed by atoms with Gasteiger partial charge < -0.3 is 19.1 Å². The summed E-state index contributed by atoms with van der Waals surface area (Å²) in [5, 5.41) is 0. The van der Waals surface area contributed by atoms with Gasteiger partial charge in [0.05, 0.1) is 52.4 Å². The summed E-state index contributed by atoms with van der Waals surface area (Å²) in [6, 6.07) is 10.9. The van der Waals surface area contributed by atoms with Gasteiger partial charge in [0.1, 0.15) is 12.3 Å². The van der Waals surface area contributed by atoms with Gasteiger partial charge in [-0.2, -0.15) is 4.31 Å². The van der Waals surface area contributed by atoms with E-state index in [0.29, 0.717) is 24.6 Å². The molecule has 0 bridgehead atoms. The fourth-order valence-corrected chi connectivity index (χ4v) is 5.12. The number of aryl methyl sites for hydroxylation is 1. The fraction of sp³-hybridized carbons (Fsp3) is 0.429. The number of hydrogen-bond acceptors (Lipinski definition) is 5. The molecule has 7 nitrogen and oxygen atoms in total. The van der Waals surface area contributed by atoms with Gasteiger partial charge in [0.15, 0.2) is 11.5 Å². The lowest BCUT2D eigenvalue weighted by Gasteiger charge is -2.32. The van der Waals surface area contributed by atoms with Gasteiger partial charge in [-0.1, -0.05) is 11.6 Å². The molecule has 1 aliphatic heterocycles. The summed E-state index contributed by atoms with van der Waals surface area (Å²) in [7, 11) is 1.12. The van der Waals surface area contributed by atoms with Crippen molar-refractivity contribution in [1.29, 1.82) is 0 Å². The smallest absolute Gasteiger partial charge is 0.243 e. The van der Waals surface area contributed by atoms with Crippen LogP contribution in [0, 0.1) is 6.92 Å². The summed E-state index contributed by atoms with van der Waals surface area (Å²) >= 11 is 0. The quantitative estimate of drug-likeness (QED) is 0.725. The molecule has 0 unspecified atom stereocenters. The Bertz CT molecular complexity index is 954. The Morgan fingerprint density at radius 1 is 0.897 bits per heavy atom. The van der Waals surface area contributed by atoms with Gasteiger partial charge >= 0.3 is 0 Å². The number of rotatable bonds is 7. The average molecular weight is 422 g/mol. The molecule has 1 aliphatic rings. The summed E-state index contributed by atoms with van der Waals surface area (Å²) in [4.78, 5) is 1.56. The van der Waals surface area contributed by atoms with E-state index in [1.165, 1.54) is 30.7 Å². The Labute approximate surface area is 172 Å². The molecule has 0 spiro atoms. The number of hydrogen-bond donors (Lipinski definition) is 1. The third-order valence-electron chi connectivity index (χ3n) is 5.30. The first-order valence-electron chi connectivity index (χ1n) is 9.58. The molecule has 8 heteroatoms. The number of benzene rings is 2. The summed E-state index contributed by atoms with van der Waals surface area (Å²) < 4.78 is 43.6. The Kier molecular flexibility index (Phi) is 6.66. The van der Waals surface area contributed by atoms with E-state index in [1.54, 1.807) is 23.5 Å². The SMILES string of the molecule is COc1ccc(C)cc1C[NH+]1CCN(S(=O)(=O)c2ccc(OC)c(OC)c2)CC1. The molecule has 1 saturated heterocycles. The maximum Gasteiger partial charge on any atom is 0.243 e. The van der Waals surface area contributed by atoms with Crippen molar-refractivity contribution in [3.63, 3.8) is 0 Å². The molecule has 2 aromatic carbocycles. The van der Waals surface area contributed by atoms with Crippen molar-refractivity contribution >= 4 is 10.0 Å². The van der Waals surface area contributed by atoms with Crippen LogP contribution in [-0.4, -0.2) is 60.2 Å². The molecule has 29 heavy (non-hydrogen) atoms. The Hall–Kier alpha value is -2.29. The molecule has 3 rings (SSSR count). The van der Waals surface area contributed by atoms with Crippen molar-refractivity contribution in [1.82, 2.24) is 4.31 Å². The Morgan fingerprint density at radius 3 is 2.14 bits per heavy atom. The predicted octanol–water partition coefficient (Wildman–Crippen LogP) is 1.11. The summed E-state index contributed by atoms with van der Waals surface area (Å²) in [5.74, 6) is 1.79. The molecule has 1 N–H and O–H groups in total.